The Kier molecular flexibility index (Phi) is 6.41. The summed E-state index contributed by atoms with van der Waals surface area (Å²) in [6, 6.07) is 7.52. The van der Waals surface area contributed by atoms with Crippen LogP contribution in [0.4, 0.5) is 5.69 Å². The Labute approximate surface area is 173 Å². The monoisotopic (exact) mass is 418 g/mol. The fraction of sp³-hybridized carbons (Fsp3) is 0.368. The first-order valence-corrected chi connectivity index (χ1v) is 10.4. The van der Waals surface area contributed by atoms with Crippen molar-refractivity contribution in [2.45, 2.75) is 38.9 Å². The molecule has 2 heterocycles. The second kappa shape index (κ2) is 8.79. The summed E-state index contributed by atoms with van der Waals surface area (Å²) in [6.07, 6.45) is 0.937. The highest BCUT2D eigenvalue weighted by atomic mass is 35.5. The van der Waals surface area contributed by atoms with Crippen molar-refractivity contribution in [1.29, 1.82) is 0 Å². The minimum absolute atomic E-state index is 0.0942. The maximum absolute atomic E-state index is 12.4. The second-order valence-electron chi connectivity index (χ2n) is 6.47. The molecule has 0 aliphatic heterocycles. The number of carbonyl (C=O) groups excluding carboxylic acids is 1. The van der Waals surface area contributed by atoms with E-state index in [0.29, 0.717) is 5.02 Å². The molecule has 0 saturated carbocycles. The third-order valence-electron chi connectivity index (χ3n) is 4.37. The molecule has 0 radical (unpaired) electrons. The molecule has 3 aromatic rings. The Hall–Kier alpha value is -2.32. The van der Waals surface area contributed by atoms with E-state index in [4.69, 9.17) is 11.6 Å². The summed E-state index contributed by atoms with van der Waals surface area (Å²) >= 11 is 7.36. The Balaban J connectivity index is 1.73. The summed E-state index contributed by atoms with van der Waals surface area (Å²) in [5.74, 6) is 0.930. The van der Waals surface area contributed by atoms with E-state index in [1.54, 1.807) is 4.68 Å². The van der Waals surface area contributed by atoms with Gasteiger partial charge in [0.1, 0.15) is 0 Å². The molecule has 1 N–H and O–H groups in total. The summed E-state index contributed by atoms with van der Waals surface area (Å²) in [5, 5.41) is 17.3. The van der Waals surface area contributed by atoms with Crippen molar-refractivity contribution in [2.24, 2.45) is 7.05 Å². The van der Waals surface area contributed by atoms with Crippen molar-refractivity contribution in [2.75, 3.05) is 11.1 Å². The zero-order chi connectivity index (χ0) is 20.3. The van der Waals surface area contributed by atoms with E-state index in [2.05, 4.69) is 27.5 Å². The zero-order valence-electron chi connectivity index (χ0n) is 16.4. The summed E-state index contributed by atoms with van der Waals surface area (Å²) in [5.41, 5.74) is 3.45. The van der Waals surface area contributed by atoms with E-state index in [9.17, 15) is 4.79 Å². The van der Waals surface area contributed by atoms with Crippen molar-refractivity contribution < 1.29 is 4.79 Å². The first-order chi connectivity index (χ1) is 13.4. The molecular formula is C19H23ClN6OS. The predicted molar refractivity (Wildman–Crippen MR) is 113 cm³/mol. The minimum Gasteiger partial charge on any atom is -0.322 e. The smallest absolute Gasteiger partial charge is 0.234 e. The van der Waals surface area contributed by atoms with Crippen LogP contribution in [0.5, 0.6) is 0 Å². The maximum atomic E-state index is 12.4. The maximum Gasteiger partial charge on any atom is 0.234 e. The molecule has 0 saturated heterocycles. The highest BCUT2D eigenvalue weighted by Crippen LogP contribution is 2.26. The van der Waals surface area contributed by atoms with E-state index in [0.717, 1.165) is 46.6 Å². The van der Waals surface area contributed by atoms with Gasteiger partial charge in [-0.1, -0.05) is 30.3 Å². The minimum atomic E-state index is -0.0942. The zero-order valence-corrected chi connectivity index (χ0v) is 17.9. The molecule has 0 aliphatic rings. The Morgan fingerprint density at radius 3 is 2.54 bits per heavy atom. The molecule has 148 valence electrons. The summed E-state index contributed by atoms with van der Waals surface area (Å²) in [6.45, 7) is 6.68. The standard InChI is InChI=1S/C19H23ClN6OS/c1-5-10-26-18(14-6-8-15(20)9-7-14)22-23-19(26)28-11-16(27)21-17-12(2)24-25(4)13(17)3/h6-9H,5,10-11H2,1-4H3,(H,21,27). The molecular weight excluding hydrogens is 396 g/mol. The fourth-order valence-corrected chi connectivity index (χ4v) is 3.78. The molecule has 0 atom stereocenters. The van der Waals surface area contributed by atoms with Crippen LogP contribution in [-0.2, 0) is 18.4 Å². The van der Waals surface area contributed by atoms with E-state index in [-0.39, 0.29) is 11.7 Å². The fourth-order valence-electron chi connectivity index (χ4n) is 2.89. The topological polar surface area (TPSA) is 77.6 Å². The van der Waals surface area contributed by atoms with Gasteiger partial charge >= 0.3 is 0 Å². The van der Waals surface area contributed by atoms with Crippen LogP contribution in [-0.4, -0.2) is 36.2 Å². The number of rotatable bonds is 7. The number of nitrogens with one attached hydrogen (secondary N) is 1. The van der Waals surface area contributed by atoms with Gasteiger partial charge in [-0.25, -0.2) is 0 Å². The quantitative estimate of drug-likeness (QED) is 0.584. The number of amides is 1. The van der Waals surface area contributed by atoms with Crippen LogP contribution in [0, 0.1) is 13.8 Å². The van der Waals surface area contributed by atoms with Crippen LogP contribution in [0.3, 0.4) is 0 Å². The summed E-state index contributed by atoms with van der Waals surface area (Å²) in [4.78, 5) is 12.4. The van der Waals surface area contributed by atoms with Crippen LogP contribution in [0.1, 0.15) is 24.7 Å². The number of hydrogen-bond donors (Lipinski definition) is 1. The van der Waals surface area contributed by atoms with Crippen LogP contribution in [0.25, 0.3) is 11.4 Å². The molecule has 0 aliphatic carbocycles. The van der Waals surface area contributed by atoms with E-state index in [1.807, 2.05) is 49.7 Å². The lowest BCUT2D eigenvalue weighted by Crippen LogP contribution is -2.16. The molecule has 7 nitrogen and oxygen atoms in total. The molecule has 28 heavy (non-hydrogen) atoms. The highest BCUT2D eigenvalue weighted by molar-refractivity contribution is 7.99. The molecule has 0 bridgehead atoms. The average Bonchev–Trinajstić information content (AvgIpc) is 3.17. The first-order valence-electron chi connectivity index (χ1n) is 9.02. The van der Waals surface area contributed by atoms with Crippen LogP contribution in [0.15, 0.2) is 29.4 Å². The van der Waals surface area contributed by atoms with Crippen molar-refractivity contribution in [3.63, 3.8) is 0 Å². The Morgan fingerprint density at radius 2 is 1.93 bits per heavy atom. The molecule has 0 unspecified atom stereocenters. The number of thioether (sulfide) groups is 1. The lowest BCUT2D eigenvalue weighted by molar-refractivity contribution is -0.113. The van der Waals surface area contributed by atoms with Crippen LogP contribution < -0.4 is 5.32 Å². The number of benzene rings is 1. The van der Waals surface area contributed by atoms with Gasteiger partial charge in [0.05, 0.1) is 22.8 Å². The van der Waals surface area contributed by atoms with E-state index in [1.165, 1.54) is 11.8 Å². The SMILES string of the molecule is CCCn1c(SCC(=O)Nc2c(C)nn(C)c2C)nnc1-c1ccc(Cl)cc1. The van der Waals surface area contributed by atoms with Crippen molar-refractivity contribution in [3.8, 4) is 11.4 Å². The van der Waals surface area contributed by atoms with Crippen LogP contribution in [0.2, 0.25) is 5.02 Å². The van der Waals surface area contributed by atoms with Gasteiger partial charge in [0.15, 0.2) is 11.0 Å². The highest BCUT2D eigenvalue weighted by Gasteiger charge is 2.17. The number of hydrogen-bond acceptors (Lipinski definition) is 5. The van der Waals surface area contributed by atoms with Crippen LogP contribution >= 0.6 is 23.4 Å². The third kappa shape index (κ3) is 4.39. The molecule has 3 rings (SSSR count). The second-order valence-corrected chi connectivity index (χ2v) is 7.85. The van der Waals surface area contributed by atoms with Gasteiger partial charge in [0.2, 0.25) is 5.91 Å². The van der Waals surface area contributed by atoms with Gasteiger partial charge in [-0.3, -0.25) is 9.48 Å². The van der Waals surface area contributed by atoms with Crippen molar-refractivity contribution >= 4 is 35.0 Å². The number of aromatic nitrogens is 5. The molecule has 0 spiro atoms. The normalized spacial score (nSPS) is 11.0. The molecule has 1 amide bonds. The van der Waals surface area contributed by atoms with E-state index >= 15 is 0 Å². The van der Waals surface area contributed by atoms with Gasteiger partial charge in [-0.05, 0) is 44.5 Å². The average molecular weight is 419 g/mol. The number of aryl methyl sites for hydroxylation is 2. The van der Waals surface area contributed by atoms with E-state index < -0.39 is 0 Å². The van der Waals surface area contributed by atoms with Gasteiger partial charge in [-0.15, -0.1) is 10.2 Å². The lowest BCUT2D eigenvalue weighted by atomic mass is 10.2. The number of carbonyl (C=O) groups is 1. The Morgan fingerprint density at radius 1 is 1.21 bits per heavy atom. The third-order valence-corrected chi connectivity index (χ3v) is 5.59. The van der Waals surface area contributed by atoms with Gasteiger partial charge < -0.3 is 9.88 Å². The largest absolute Gasteiger partial charge is 0.322 e. The molecule has 9 heteroatoms. The number of halogens is 1. The van der Waals surface area contributed by atoms with Gasteiger partial charge in [-0.2, -0.15) is 5.10 Å². The van der Waals surface area contributed by atoms with Gasteiger partial charge in [0.25, 0.3) is 0 Å². The number of nitrogens with zero attached hydrogens (tertiary/aromatic N) is 5. The lowest BCUT2D eigenvalue weighted by Gasteiger charge is -2.09. The van der Waals surface area contributed by atoms with Crippen molar-refractivity contribution in [3.05, 3.63) is 40.7 Å². The Bertz CT molecular complexity index is 979. The summed E-state index contributed by atoms with van der Waals surface area (Å²) < 4.78 is 3.80. The van der Waals surface area contributed by atoms with Gasteiger partial charge in [0, 0.05) is 24.2 Å². The van der Waals surface area contributed by atoms with Crippen molar-refractivity contribution in [1.82, 2.24) is 24.5 Å². The molecule has 0 fully saturated rings. The molecule has 2 aromatic heterocycles. The number of anilines is 1. The first kappa shape index (κ1) is 20.4. The molecule has 1 aromatic carbocycles. The summed E-state index contributed by atoms with van der Waals surface area (Å²) in [7, 11) is 1.86. The predicted octanol–water partition coefficient (Wildman–Crippen LogP) is 4.09.